The summed E-state index contributed by atoms with van der Waals surface area (Å²) in [5.74, 6) is 0. The fourth-order valence-corrected chi connectivity index (χ4v) is 2.89. The maximum absolute atomic E-state index is 11.0. The lowest BCUT2D eigenvalue weighted by Gasteiger charge is -2.17. The Hall–Kier alpha value is -2.14. The Kier molecular flexibility index (Phi) is 3.28. The molecule has 0 spiro atoms. The summed E-state index contributed by atoms with van der Waals surface area (Å²) in [5.41, 5.74) is 9.47. The Labute approximate surface area is 117 Å². The number of nitrogens with zero attached hydrogens (tertiary/aromatic N) is 2. The van der Waals surface area contributed by atoms with Crippen molar-refractivity contribution in [2.75, 3.05) is 0 Å². The average Bonchev–Trinajstić information content (AvgIpc) is 2.83. The summed E-state index contributed by atoms with van der Waals surface area (Å²) < 4.78 is 2.01. The number of benzene rings is 1. The second-order valence-corrected chi connectivity index (χ2v) is 5.30. The van der Waals surface area contributed by atoms with Crippen LogP contribution in [0.15, 0.2) is 36.7 Å². The molecule has 0 bridgehead atoms. The van der Waals surface area contributed by atoms with Crippen LogP contribution >= 0.6 is 0 Å². The molecule has 1 atom stereocenters. The standard InChI is InChI=1S/C15H17N3O2/c16-14-6-3-5-11-8-17(10-13(11)14)9-12-4-1-2-7-15(12)18(19)20/h1-2,4,7-8,10,14H,3,5-6,9,16H2. The molecule has 1 aromatic heterocycles. The van der Waals surface area contributed by atoms with Crippen molar-refractivity contribution in [3.8, 4) is 0 Å². The molecule has 20 heavy (non-hydrogen) atoms. The van der Waals surface area contributed by atoms with Gasteiger partial charge in [0, 0.05) is 30.1 Å². The fourth-order valence-electron chi connectivity index (χ4n) is 2.89. The number of para-hydroxylation sites is 1. The maximum Gasteiger partial charge on any atom is 0.274 e. The van der Waals surface area contributed by atoms with Crippen molar-refractivity contribution in [2.24, 2.45) is 5.73 Å². The molecule has 0 fully saturated rings. The predicted molar refractivity (Wildman–Crippen MR) is 76.5 cm³/mol. The summed E-state index contributed by atoms with van der Waals surface area (Å²) >= 11 is 0. The van der Waals surface area contributed by atoms with Crippen LogP contribution < -0.4 is 5.73 Å². The zero-order valence-corrected chi connectivity index (χ0v) is 11.2. The van der Waals surface area contributed by atoms with E-state index in [1.807, 2.05) is 16.8 Å². The second-order valence-electron chi connectivity index (χ2n) is 5.30. The summed E-state index contributed by atoms with van der Waals surface area (Å²) in [7, 11) is 0. The Morgan fingerprint density at radius 3 is 2.90 bits per heavy atom. The molecule has 1 aliphatic rings. The van der Waals surface area contributed by atoms with Gasteiger partial charge in [0.25, 0.3) is 5.69 Å². The first-order valence-corrected chi connectivity index (χ1v) is 6.81. The summed E-state index contributed by atoms with van der Waals surface area (Å²) in [6.07, 6.45) is 7.29. The minimum Gasteiger partial charge on any atom is -0.349 e. The minimum absolute atomic E-state index is 0.103. The lowest BCUT2D eigenvalue weighted by molar-refractivity contribution is -0.385. The predicted octanol–water partition coefficient (Wildman–Crippen LogP) is 2.78. The molecule has 1 aromatic carbocycles. The third-order valence-corrected chi connectivity index (χ3v) is 3.90. The Balaban J connectivity index is 1.91. The van der Waals surface area contributed by atoms with Gasteiger partial charge in [-0.15, -0.1) is 0 Å². The van der Waals surface area contributed by atoms with Crippen LogP contribution in [0.25, 0.3) is 0 Å². The van der Waals surface area contributed by atoms with Gasteiger partial charge in [-0.05, 0) is 30.4 Å². The van der Waals surface area contributed by atoms with Crippen LogP contribution in [0.1, 0.15) is 35.6 Å². The molecule has 5 heteroatoms. The van der Waals surface area contributed by atoms with Crippen LogP contribution in [-0.4, -0.2) is 9.49 Å². The fraction of sp³-hybridized carbons (Fsp3) is 0.333. The third-order valence-electron chi connectivity index (χ3n) is 3.90. The van der Waals surface area contributed by atoms with Gasteiger partial charge >= 0.3 is 0 Å². The summed E-state index contributed by atoms with van der Waals surface area (Å²) in [5, 5.41) is 11.0. The maximum atomic E-state index is 11.0. The molecule has 0 amide bonds. The molecule has 0 aliphatic heterocycles. The number of aryl methyl sites for hydroxylation is 1. The van der Waals surface area contributed by atoms with Gasteiger partial charge in [0.1, 0.15) is 0 Å². The molecule has 5 nitrogen and oxygen atoms in total. The minimum atomic E-state index is -0.329. The van der Waals surface area contributed by atoms with Gasteiger partial charge in [-0.1, -0.05) is 18.2 Å². The number of hydrogen-bond donors (Lipinski definition) is 1. The molecule has 2 aromatic rings. The van der Waals surface area contributed by atoms with Gasteiger partial charge in [0.2, 0.25) is 0 Å². The van der Waals surface area contributed by atoms with E-state index in [9.17, 15) is 10.1 Å². The van der Waals surface area contributed by atoms with Crippen molar-refractivity contribution in [1.82, 2.24) is 4.57 Å². The van der Waals surface area contributed by atoms with Crippen LogP contribution in [-0.2, 0) is 13.0 Å². The smallest absolute Gasteiger partial charge is 0.274 e. The highest BCUT2D eigenvalue weighted by Crippen LogP contribution is 2.29. The third kappa shape index (κ3) is 2.32. The summed E-state index contributed by atoms with van der Waals surface area (Å²) in [6, 6.07) is 6.97. The quantitative estimate of drug-likeness (QED) is 0.689. The van der Waals surface area contributed by atoms with Gasteiger partial charge in [-0.2, -0.15) is 0 Å². The Morgan fingerprint density at radius 2 is 2.15 bits per heavy atom. The number of nitrogens with two attached hydrogens (primary N) is 1. The van der Waals surface area contributed by atoms with Gasteiger partial charge in [0.05, 0.1) is 11.5 Å². The highest BCUT2D eigenvalue weighted by Gasteiger charge is 2.20. The average molecular weight is 271 g/mol. The van der Waals surface area contributed by atoms with Crippen LogP contribution in [0, 0.1) is 10.1 Å². The monoisotopic (exact) mass is 271 g/mol. The van der Waals surface area contributed by atoms with E-state index in [0.717, 1.165) is 24.8 Å². The molecule has 3 rings (SSSR count). The van der Waals surface area contributed by atoms with E-state index in [4.69, 9.17) is 5.73 Å². The van der Waals surface area contributed by atoms with Crippen LogP contribution in [0.5, 0.6) is 0 Å². The highest BCUT2D eigenvalue weighted by atomic mass is 16.6. The van der Waals surface area contributed by atoms with E-state index in [1.54, 1.807) is 18.2 Å². The van der Waals surface area contributed by atoms with Gasteiger partial charge in [-0.3, -0.25) is 10.1 Å². The number of nitro benzene ring substituents is 1. The van der Waals surface area contributed by atoms with Crippen molar-refractivity contribution < 1.29 is 4.92 Å². The number of rotatable bonds is 3. The number of nitro groups is 1. The number of aromatic nitrogens is 1. The molecular weight excluding hydrogens is 254 g/mol. The zero-order chi connectivity index (χ0) is 14.1. The van der Waals surface area contributed by atoms with E-state index in [-0.39, 0.29) is 16.7 Å². The number of hydrogen-bond acceptors (Lipinski definition) is 3. The van der Waals surface area contributed by atoms with Crippen LogP contribution in [0.4, 0.5) is 5.69 Å². The molecule has 1 heterocycles. The number of fused-ring (bicyclic) bond motifs is 1. The normalized spacial score (nSPS) is 17.8. The molecule has 2 N–H and O–H groups in total. The van der Waals surface area contributed by atoms with E-state index >= 15 is 0 Å². The zero-order valence-electron chi connectivity index (χ0n) is 11.2. The van der Waals surface area contributed by atoms with Crippen molar-refractivity contribution in [2.45, 2.75) is 31.8 Å². The lowest BCUT2D eigenvalue weighted by atomic mass is 9.92. The van der Waals surface area contributed by atoms with Gasteiger partial charge < -0.3 is 10.3 Å². The first-order chi connectivity index (χ1) is 9.65. The Bertz CT molecular complexity index is 648. The van der Waals surface area contributed by atoms with E-state index in [0.29, 0.717) is 6.54 Å². The van der Waals surface area contributed by atoms with Crippen LogP contribution in [0.2, 0.25) is 0 Å². The van der Waals surface area contributed by atoms with E-state index in [1.165, 1.54) is 11.1 Å². The summed E-state index contributed by atoms with van der Waals surface area (Å²) in [6.45, 7) is 0.511. The van der Waals surface area contributed by atoms with Gasteiger partial charge in [0.15, 0.2) is 0 Å². The molecule has 104 valence electrons. The molecule has 0 radical (unpaired) electrons. The molecule has 0 saturated carbocycles. The Morgan fingerprint density at radius 1 is 1.35 bits per heavy atom. The SMILES string of the molecule is NC1CCCc2cn(Cc3ccccc3[N+](=O)[O-])cc21. The van der Waals surface area contributed by atoms with Crippen molar-refractivity contribution in [3.05, 3.63) is 63.5 Å². The second kappa shape index (κ2) is 5.09. The van der Waals surface area contributed by atoms with Crippen molar-refractivity contribution in [1.29, 1.82) is 0 Å². The van der Waals surface area contributed by atoms with Crippen LogP contribution in [0.3, 0.4) is 0 Å². The highest BCUT2D eigenvalue weighted by molar-refractivity contribution is 5.40. The first-order valence-electron chi connectivity index (χ1n) is 6.81. The molecule has 1 aliphatic carbocycles. The first kappa shape index (κ1) is 12.9. The molecular formula is C15H17N3O2. The van der Waals surface area contributed by atoms with Crippen molar-refractivity contribution in [3.63, 3.8) is 0 Å². The molecule has 0 saturated heterocycles. The van der Waals surface area contributed by atoms with Gasteiger partial charge in [-0.25, -0.2) is 0 Å². The van der Waals surface area contributed by atoms with E-state index < -0.39 is 0 Å². The van der Waals surface area contributed by atoms with E-state index in [2.05, 4.69) is 6.20 Å². The lowest BCUT2D eigenvalue weighted by Crippen LogP contribution is -2.15. The summed E-state index contributed by atoms with van der Waals surface area (Å²) in [4.78, 5) is 10.7. The van der Waals surface area contributed by atoms with Crippen molar-refractivity contribution >= 4 is 5.69 Å². The largest absolute Gasteiger partial charge is 0.349 e. The molecule has 1 unspecified atom stereocenters. The topological polar surface area (TPSA) is 74.1 Å².